The van der Waals surface area contributed by atoms with Crippen LogP contribution in [0.1, 0.15) is 194 Å². The summed E-state index contributed by atoms with van der Waals surface area (Å²) < 4.78 is 34.2. The third-order valence-electron chi connectivity index (χ3n) is 9.66. The monoisotopic (exact) mass is 813 g/mol. The van der Waals surface area contributed by atoms with Crippen molar-refractivity contribution in [3.63, 3.8) is 0 Å². The van der Waals surface area contributed by atoms with E-state index in [0.29, 0.717) is 17.4 Å². The van der Waals surface area contributed by atoms with E-state index in [4.69, 9.17) is 18.5 Å². The van der Waals surface area contributed by atoms with E-state index in [1.54, 1.807) is 0 Å². The fraction of sp³-hybridized carbons (Fsp3) is 0.826. The standard InChI is InChI=1S/C46H86NO8P/c1-6-8-10-12-14-16-18-20-21-22-23-24-25-27-28-30-32-34-36-38-45(48)52-42-44(43-54-56(50,51)53-41-40-47(3,4)5)55-46(49)39-37-35-33-31-29-26-19-17-15-13-11-9-7-2/h22-23,26,29,33,35,44H,6-21,24-25,27-28,30-32,34,36-43H2,1-5H3/p+1/b23-22+,29-26+,35-33+. The molecule has 2 unspecified atom stereocenters. The molecule has 0 aromatic heterocycles. The highest BCUT2D eigenvalue weighted by molar-refractivity contribution is 7.47. The summed E-state index contributed by atoms with van der Waals surface area (Å²) in [4.78, 5) is 35.3. The number of rotatable bonds is 41. The predicted octanol–water partition coefficient (Wildman–Crippen LogP) is 12.9. The number of likely N-dealkylation sites (N-methyl/N-ethyl adjacent to an activating group) is 1. The number of hydrogen-bond acceptors (Lipinski definition) is 7. The van der Waals surface area contributed by atoms with Gasteiger partial charge in [-0.2, -0.15) is 0 Å². The number of ether oxygens (including phenoxy) is 2. The highest BCUT2D eigenvalue weighted by Crippen LogP contribution is 2.43. The van der Waals surface area contributed by atoms with Crippen molar-refractivity contribution in [1.82, 2.24) is 0 Å². The minimum Gasteiger partial charge on any atom is -0.462 e. The summed E-state index contributed by atoms with van der Waals surface area (Å²) in [6.07, 6.45) is 43.5. The van der Waals surface area contributed by atoms with E-state index in [1.807, 2.05) is 33.3 Å². The maximum Gasteiger partial charge on any atom is 0.472 e. The topological polar surface area (TPSA) is 108 Å². The lowest BCUT2D eigenvalue weighted by atomic mass is 10.1. The lowest BCUT2D eigenvalue weighted by molar-refractivity contribution is -0.870. The Morgan fingerprint density at radius 2 is 1.00 bits per heavy atom. The van der Waals surface area contributed by atoms with Gasteiger partial charge in [0.2, 0.25) is 0 Å². The second-order valence-corrected chi connectivity index (χ2v) is 17.9. The summed E-state index contributed by atoms with van der Waals surface area (Å²) in [6, 6.07) is 0. The van der Waals surface area contributed by atoms with Gasteiger partial charge in [-0.25, -0.2) is 4.57 Å². The third kappa shape index (κ3) is 41.9. The molecule has 0 aromatic rings. The van der Waals surface area contributed by atoms with Crippen LogP contribution in [0.3, 0.4) is 0 Å². The fourth-order valence-corrected chi connectivity index (χ4v) is 6.80. The van der Waals surface area contributed by atoms with Crippen LogP contribution >= 0.6 is 7.82 Å². The molecule has 0 aliphatic rings. The van der Waals surface area contributed by atoms with Gasteiger partial charge in [-0.1, -0.05) is 159 Å². The summed E-state index contributed by atoms with van der Waals surface area (Å²) >= 11 is 0. The number of unbranched alkanes of at least 4 members (excludes halogenated alkanes) is 21. The normalized spacial score (nSPS) is 13.9. The molecule has 0 spiro atoms. The lowest BCUT2D eigenvalue weighted by Gasteiger charge is -2.24. The van der Waals surface area contributed by atoms with Crippen molar-refractivity contribution in [2.75, 3.05) is 47.5 Å². The highest BCUT2D eigenvalue weighted by atomic mass is 31.2. The maximum absolute atomic E-state index is 12.6. The molecule has 0 saturated carbocycles. The molecule has 0 aliphatic heterocycles. The minimum atomic E-state index is -4.39. The molecule has 56 heavy (non-hydrogen) atoms. The Morgan fingerprint density at radius 1 is 0.554 bits per heavy atom. The van der Waals surface area contributed by atoms with Crippen LogP contribution in [0.25, 0.3) is 0 Å². The van der Waals surface area contributed by atoms with E-state index in [2.05, 4.69) is 38.2 Å². The molecule has 0 radical (unpaired) electrons. The van der Waals surface area contributed by atoms with Gasteiger partial charge in [0.15, 0.2) is 6.10 Å². The van der Waals surface area contributed by atoms with Crippen LogP contribution in [0.2, 0.25) is 0 Å². The summed E-state index contributed by atoms with van der Waals surface area (Å²) in [5.41, 5.74) is 0. The van der Waals surface area contributed by atoms with Crippen LogP contribution in [0, 0.1) is 0 Å². The summed E-state index contributed by atoms with van der Waals surface area (Å²) in [5.74, 6) is -0.880. The van der Waals surface area contributed by atoms with E-state index in [9.17, 15) is 19.0 Å². The molecule has 1 N–H and O–H groups in total. The van der Waals surface area contributed by atoms with Gasteiger partial charge in [-0.15, -0.1) is 0 Å². The average molecular weight is 813 g/mol. The van der Waals surface area contributed by atoms with Gasteiger partial charge >= 0.3 is 19.8 Å². The number of nitrogens with zero attached hydrogens (tertiary/aromatic N) is 1. The molecule has 0 saturated heterocycles. The van der Waals surface area contributed by atoms with E-state index in [0.717, 1.165) is 44.9 Å². The number of phosphoric ester groups is 1. The molecule has 2 atom stereocenters. The van der Waals surface area contributed by atoms with E-state index in [1.165, 1.54) is 116 Å². The van der Waals surface area contributed by atoms with Gasteiger partial charge in [0, 0.05) is 12.8 Å². The van der Waals surface area contributed by atoms with Gasteiger partial charge in [0.05, 0.1) is 27.7 Å². The van der Waals surface area contributed by atoms with Crippen LogP contribution in [0.5, 0.6) is 0 Å². The zero-order valence-electron chi connectivity index (χ0n) is 36.9. The Hall–Kier alpha value is -1.77. The maximum atomic E-state index is 12.6. The minimum absolute atomic E-state index is 0.0219. The van der Waals surface area contributed by atoms with E-state index < -0.39 is 26.5 Å². The zero-order chi connectivity index (χ0) is 41.4. The van der Waals surface area contributed by atoms with Crippen LogP contribution in [0.15, 0.2) is 36.5 Å². The first-order valence-electron chi connectivity index (χ1n) is 22.7. The van der Waals surface area contributed by atoms with Gasteiger partial charge < -0.3 is 18.9 Å². The molecule has 9 nitrogen and oxygen atoms in total. The van der Waals surface area contributed by atoms with E-state index in [-0.39, 0.29) is 32.0 Å². The molecule has 0 fully saturated rings. The summed E-state index contributed by atoms with van der Waals surface area (Å²) in [7, 11) is 1.44. The molecule has 0 aliphatic carbocycles. The Bertz CT molecular complexity index is 1050. The summed E-state index contributed by atoms with van der Waals surface area (Å²) in [5, 5.41) is 0. The molecule has 0 aromatic carbocycles. The lowest BCUT2D eigenvalue weighted by Crippen LogP contribution is -2.37. The predicted molar refractivity (Wildman–Crippen MR) is 234 cm³/mol. The molecule has 10 heteroatoms. The van der Waals surface area contributed by atoms with Crippen molar-refractivity contribution in [1.29, 1.82) is 0 Å². The van der Waals surface area contributed by atoms with E-state index >= 15 is 0 Å². The van der Waals surface area contributed by atoms with Crippen molar-refractivity contribution >= 4 is 19.8 Å². The van der Waals surface area contributed by atoms with Crippen molar-refractivity contribution in [2.45, 2.75) is 200 Å². The largest absolute Gasteiger partial charge is 0.472 e. The number of carbonyl (C=O) groups excluding carboxylic acids is 2. The molecule has 328 valence electrons. The average Bonchev–Trinajstić information content (AvgIpc) is 3.15. The summed E-state index contributed by atoms with van der Waals surface area (Å²) in [6.45, 7) is 4.35. The first-order valence-corrected chi connectivity index (χ1v) is 24.2. The Morgan fingerprint density at radius 3 is 1.50 bits per heavy atom. The number of allylic oxidation sites excluding steroid dienone is 6. The van der Waals surface area contributed by atoms with Crippen molar-refractivity contribution in [3.05, 3.63) is 36.5 Å². The van der Waals surface area contributed by atoms with Crippen LogP contribution in [-0.2, 0) is 32.7 Å². The van der Waals surface area contributed by atoms with Gasteiger partial charge in [0.25, 0.3) is 0 Å². The molecule has 0 amide bonds. The zero-order valence-corrected chi connectivity index (χ0v) is 37.8. The van der Waals surface area contributed by atoms with Crippen LogP contribution < -0.4 is 0 Å². The first-order chi connectivity index (χ1) is 27.0. The fourth-order valence-electron chi connectivity index (χ4n) is 6.06. The SMILES string of the molecule is CCCCCCCC/C=C/C/C=C/CCC(=O)OC(COC(=O)CCCCCCCCC/C=C/CCCCCCCCCC)COP(=O)(O)OCC[N+](C)(C)C. The quantitative estimate of drug-likeness (QED) is 0.0214. The smallest absolute Gasteiger partial charge is 0.462 e. The Labute approximate surface area is 344 Å². The van der Waals surface area contributed by atoms with Crippen molar-refractivity contribution < 1.29 is 42.1 Å². The van der Waals surface area contributed by atoms with Gasteiger partial charge in [-0.05, 0) is 57.8 Å². The second-order valence-electron chi connectivity index (χ2n) is 16.4. The Kier molecular flexibility index (Phi) is 37.5. The number of quaternary nitrogens is 1. The molecular formula is C46H87NO8P+. The highest BCUT2D eigenvalue weighted by Gasteiger charge is 2.27. The number of esters is 2. The van der Waals surface area contributed by atoms with Gasteiger partial charge in [-0.3, -0.25) is 18.6 Å². The van der Waals surface area contributed by atoms with Crippen molar-refractivity contribution in [2.24, 2.45) is 0 Å². The van der Waals surface area contributed by atoms with Crippen molar-refractivity contribution in [3.8, 4) is 0 Å². The molecule has 0 rings (SSSR count). The number of phosphoric acid groups is 1. The number of carbonyl (C=O) groups is 2. The van der Waals surface area contributed by atoms with Gasteiger partial charge in [0.1, 0.15) is 19.8 Å². The molecule has 0 heterocycles. The second kappa shape index (κ2) is 38.7. The van der Waals surface area contributed by atoms with Crippen LogP contribution in [0.4, 0.5) is 0 Å². The van der Waals surface area contributed by atoms with Crippen LogP contribution in [-0.4, -0.2) is 74.9 Å². The molecule has 0 bridgehead atoms. The Balaban J connectivity index is 4.36. The molecular weight excluding hydrogens is 725 g/mol. The third-order valence-corrected chi connectivity index (χ3v) is 10.6. The number of hydrogen-bond donors (Lipinski definition) is 1. The first kappa shape index (κ1) is 54.2.